The Hall–Kier alpha value is -2.34. The first-order chi connectivity index (χ1) is 13.0. The lowest BCUT2D eigenvalue weighted by molar-refractivity contribution is 0.211. The molecule has 2 aromatic rings. The molecule has 6 heteroatoms. The Morgan fingerprint density at radius 2 is 1.96 bits per heavy atom. The van der Waals surface area contributed by atoms with Gasteiger partial charge in [0.05, 0.1) is 6.04 Å². The smallest absolute Gasteiger partial charge is 0.320 e. The van der Waals surface area contributed by atoms with Crippen molar-refractivity contribution in [2.24, 2.45) is 5.92 Å². The molecule has 3 rings (SSSR count). The zero-order valence-corrected chi connectivity index (χ0v) is 16.6. The van der Waals surface area contributed by atoms with Crippen LogP contribution in [0.1, 0.15) is 43.4 Å². The number of aromatic nitrogens is 2. The number of amides is 2. The summed E-state index contributed by atoms with van der Waals surface area (Å²) in [5, 5.41) is 10.4. The number of hydrogen-bond acceptors (Lipinski definition) is 3. The molecule has 6 nitrogen and oxygen atoms in total. The van der Waals surface area contributed by atoms with Gasteiger partial charge in [-0.05, 0) is 64.7 Å². The zero-order valence-electron chi connectivity index (χ0n) is 16.6. The quantitative estimate of drug-likeness (QED) is 0.817. The summed E-state index contributed by atoms with van der Waals surface area (Å²) in [5.41, 5.74) is 2.15. The third-order valence-corrected chi connectivity index (χ3v) is 5.50. The van der Waals surface area contributed by atoms with Crippen LogP contribution in [0.3, 0.4) is 0 Å². The van der Waals surface area contributed by atoms with Crippen LogP contribution in [0, 0.1) is 12.8 Å². The molecule has 1 aromatic carbocycles. The standard InChI is InChI=1S/C21H31N5O/c1-16-15-26(17(2)19-7-5-4-6-8-19)24-20(16)23-21(27)22-12-9-18-10-13-25(3)14-11-18/h4-8,15,17-18H,9-14H2,1-3H3,(H2,22,23,24,27)/t17-/m1/s1. The van der Waals surface area contributed by atoms with Crippen molar-refractivity contribution in [1.82, 2.24) is 20.0 Å². The average Bonchev–Trinajstić information content (AvgIpc) is 3.04. The molecule has 0 bridgehead atoms. The normalized spacial score (nSPS) is 16.9. The minimum absolute atomic E-state index is 0.118. The molecular formula is C21H31N5O. The van der Waals surface area contributed by atoms with Crippen LogP contribution in [-0.2, 0) is 0 Å². The second-order valence-electron chi connectivity index (χ2n) is 7.64. The van der Waals surface area contributed by atoms with Crippen molar-refractivity contribution in [1.29, 1.82) is 0 Å². The first kappa shape index (κ1) is 19.4. The summed E-state index contributed by atoms with van der Waals surface area (Å²) < 4.78 is 1.90. The predicted molar refractivity (Wildman–Crippen MR) is 109 cm³/mol. The maximum Gasteiger partial charge on any atom is 0.320 e. The van der Waals surface area contributed by atoms with Gasteiger partial charge in [-0.2, -0.15) is 5.10 Å². The maximum absolute atomic E-state index is 12.2. The third kappa shape index (κ3) is 5.32. The van der Waals surface area contributed by atoms with Gasteiger partial charge in [0.2, 0.25) is 0 Å². The molecule has 2 amide bonds. The number of carbonyl (C=O) groups excluding carboxylic acids is 1. The molecule has 2 heterocycles. The van der Waals surface area contributed by atoms with Gasteiger partial charge in [0, 0.05) is 18.3 Å². The van der Waals surface area contributed by atoms with E-state index in [1.54, 1.807) is 0 Å². The summed E-state index contributed by atoms with van der Waals surface area (Å²) >= 11 is 0. The van der Waals surface area contributed by atoms with Crippen LogP contribution in [0.5, 0.6) is 0 Å². The van der Waals surface area contributed by atoms with Crippen LogP contribution in [-0.4, -0.2) is 47.4 Å². The molecule has 1 fully saturated rings. The van der Waals surface area contributed by atoms with Crippen molar-refractivity contribution in [2.75, 3.05) is 32.0 Å². The summed E-state index contributed by atoms with van der Waals surface area (Å²) in [7, 11) is 2.17. The van der Waals surface area contributed by atoms with E-state index in [4.69, 9.17) is 0 Å². The zero-order chi connectivity index (χ0) is 19.2. The molecule has 1 aliphatic rings. The Morgan fingerprint density at radius 3 is 2.67 bits per heavy atom. The molecule has 0 unspecified atom stereocenters. The van der Waals surface area contributed by atoms with E-state index in [1.807, 2.05) is 36.0 Å². The van der Waals surface area contributed by atoms with Gasteiger partial charge in [0.1, 0.15) is 0 Å². The second kappa shape index (κ2) is 9.04. The van der Waals surface area contributed by atoms with Gasteiger partial charge in [0.15, 0.2) is 5.82 Å². The lowest BCUT2D eigenvalue weighted by Crippen LogP contribution is -2.34. The highest BCUT2D eigenvalue weighted by atomic mass is 16.2. The van der Waals surface area contributed by atoms with Crippen LogP contribution < -0.4 is 10.6 Å². The molecule has 0 aliphatic carbocycles. The molecule has 2 N–H and O–H groups in total. The number of aryl methyl sites for hydroxylation is 1. The van der Waals surface area contributed by atoms with Crippen LogP contribution in [0.15, 0.2) is 36.5 Å². The summed E-state index contributed by atoms with van der Waals surface area (Å²) in [6.45, 7) is 7.10. The van der Waals surface area contributed by atoms with E-state index in [9.17, 15) is 4.79 Å². The number of carbonyl (C=O) groups is 1. The number of likely N-dealkylation sites (tertiary alicyclic amines) is 1. The van der Waals surface area contributed by atoms with Crippen molar-refractivity contribution in [2.45, 2.75) is 39.2 Å². The lowest BCUT2D eigenvalue weighted by atomic mass is 9.94. The van der Waals surface area contributed by atoms with E-state index in [0.717, 1.165) is 25.1 Å². The van der Waals surface area contributed by atoms with Crippen molar-refractivity contribution in [3.8, 4) is 0 Å². The topological polar surface area (TPSA) is 62.2 Å². The first-order valence-electron chi connectivity index (χ1n) is 9.87. The highest BCUT2D eigenvalue weighted by molar-refractivity contribution is 5.88. The van der Waals surface area contributed by atoms with Gasteiger partial charge in [-0.15, -0.1) is 0 Å². The Bertz CT molecular complexity index is 734. The second-order valence-corrected chi connectivity index (χ2v) is 7.64. The number of nitrogens with one attached hydrogen (secondary N) is 2. The average molecular weight is 370 g/mol. The van der Waals surface area contributed by atoms with Gasteiger partial charge in [-0.1, -0.05) is 30.3 Å². The molecule has 0 spiro atoms. The molecule has 0 radical (unpaired) electrons. The maximum atomic E-state index is 12.2. The molecule has 27 heavy (non-hydrogen) atoms. The number of rotatable bonds is 6. The number of nitrogens with zero attached hydrogens (tertiary/aromatic N) is 3. The van der Waals surface area contributed by atoms with E-state index >= 15 is 0 Å². The Labute approximate surface area is 161 Å². The van der Waals surface area contributed by atoms with E-state index in [0.29, 0.717) is 18.3 Å². The van der Waals surface area contributed by atoms with Gasteiger partial charge in [-0.3, -0.25) is 10.00 Å². The van der Waals surface area contributed by atoms with Crippen LogP contribution in [0.25, 0.3) is 0 Å². The fourth-order valence-corrected chi connectivity index (χ4v) is 3.58. The molecule has 1 atom stereocenters. The molecule has 0 saturated carbocycles. The molecule has 1 saturated heterocycles. The molecule has 1 aromatic heterocycles. The fraction of sp³-hybridized carbons (Fsp3) is 0.524. The van der Waals surface area contributed by atoms with Gasteiger partial charge < -0.3 is 10.2 Å². The first-order valence-corrected chi connectivity index (χ1v) is 9.87. The van der Waals surface area contributed by atoms with Gasteiger partial charge in [-0.25, -0.2) is 4.79 Å². The van der Waals surface area contributed by atoms with Crippen molar-refractivity contribution in [3.63, 3.8) is 0 Å². The number of anilines is 1. The predicted octanol–water partition coefficient (Wildman–Crippen LogP) is 3.65. The molecule has 146 valence electrons. The van der Waals surface area contributed by atoms with Gasteiger partial charge >= 0.3 is 6.03 Å². The number of urea groups is 1. The van der Waals surface area contributed by atoms with Crippen LogP contribution in [0.2, 0.25) is 0 Å². The lowest BCUT2D eigenvalue weighted by Gasteiger charge is -2.28. The minimum Gasteiger partial charge on any atom is -0.338 e. The van der Waals surface area contributed by atoms with Crippen LogP contribution in [0.4, 0.5) is 10.6 Å². The highest BCUT2D eigenvalue weighted by Crippen LogP contribution is 2.21. The van der Waals surface area contributed by atoms with Crippen molar-refractivity contribution < 1.29 is 4.79 Å². The van der Waals surface area contributed by atoms with E-state index < -0.39 is 0 Å². The third-order valence-electron chi connectivity index (χ3n) is 5.50. The fourth-order valence-electron chi connectivity index (χ4n) is 3.58. The number of hydrogen-bond donors (Lipinski definition) is 2. The SMILES string of the molecule is Cc1cn([C@H](C)c2ccccc2)nc1NC(=O)NCCC1CCN(C)CC1. The number of benzene rings is 1. The van der Waals surface area contributed by atoms with Crippen molar-refractivity contribution >= 4 is 11.8 Å². The summed E-state index contributed by atoms with van der Waals surface area (Å²) in [6.07, 6.45) is 5.47. The molecular weight excluding hydrogens is 338 g/mol. The largest absolute Gasteiger partial charge is 0.338 e. The van der Waals surface area contributed by atoms with E-state index in [-0.39, 0.29) is 12.1 Å². The Kier molecular flexibility index (Phi) is 6.50. The highest BCUT2D eigenvalue weighted by Gasteiger charge is 2.17. The van der Waals surface area contributed by atoms with Gasteiger partial charge in [0.25, 0.3) is 0 Å². The Morgan fingerprint density at radius 1 is 1.26 bits per heavy atom. The monoisotopic (exact) mass is 369 g/mol. The molecule has 1 aliphatic heterocycles. The van der Waals surface area contributed by atoms with E-state index in [2.05, 4.69) is 46.7 Å². The van der Waals surface area contributed by atoms with E-state index in [1.165, 1.54) is 18.4 Å². The summed E-state index contributed by atoms with van der Waals surface area (Å²) in [4.78, 5) is 14.6. The minimum atomic E-state index is -0.177. The van der Waals surface area contributed by atoms with Crippen LogP contribution >= 0.6 is 0 Å². The van der Waals surface area contributed by atoms with Crippen molar-refractivity contribution in [3.05, 3.63) is 47.7 Å². The summed E-state index contributed by atoms with van der Waals surface area (Å²) in [6, 6.07) is 10.2. The number of piperidine rings is 1. The summed E-state index contributed by atoms with van der Waals surface area (Å²) in [5.74, 6) is 1.34. The Balaban J connectivity index is 1.49.